The third-order valence-corrected chi connectivity index (χ3v) is 4.19. The average molecular weight is 188 g/mol. The Labute approximate surface area is 72.8 Å². The van der Waals surface area contributed by atoms with Crippen LogP contribution in [-0.2, 0) is 10.0 Å². The van der Waals surface area contributed by atoms with Gasteiger partial charge in [0.15, 0.2) is 5.25 Å². The quantitative estimate of drug-likeness (QED) is 0.641. The molecule has 0 saturated heterocycles. The SMILES string of the molecule is CC(C#N)S(=O)(=O)N(C)C1CC1. The van der Waals surface area contributed by atoms with E-state index in [1.807, 2.05) is 0 Å². The van der Waals surface area contributed by atoms with Crippen molar-refractivity contribution in [2.75, 3.05) is 7.05 Å². The Morgan fingerprint density at radius 3 is 2.42 bits per heavy atom. The molecule has 0 aromatic rings. The summed E-state index contributed by atoms with van der Waals surface area (Å²) in [6.07, 6.45) is 1.85. The van der Waals surface area contributed by atoms with E-state index >= 15 is 0 Å². The van der Waals surface area contributed by atoms with Gasteiger partial charge in [0.2, 0.25) is 10.0 Å². The Kier molecular flexibility index (Phi) is 2.40. The molecule has 1 aliphatic rings. The third-order valence-electron chi connectivity index (χ3n) is 2.09. The predicted molar refractivity (Wildman–Crippen MR) is 44.8 cm³/mol. The van der Waals surface area contributed by atoms with Gasteiger partial charge in [-0.15, -0.1) is 0 Å². The standard InChI is InChI=1S/C7H12N2O2S/c1-6(5-8)12(10,11)9(2)7-3-4-7/h6-7H,3-4H2,1-2H3. The summed E-state index contributed by atoms with van der Waals surface area (Å²) in [7, 11) is -1.81. The van der Waals surface area contributed by atoms with Crippen molar-refractivity contribution < 1.29 is 8.42 Å². The van der Waals surface area contributed by atoms with E-state index in [9.17, 15) is 8.42 Å². The molecule has 1 rings (SSSR count). The normalized spacial score (nSPS) is 20.5. The number of nitrogens with zero attached hydrogens (tertiary/aromatic N) is 2. The molecule has 4 nitrogen and oxygen atoms in total. The highest BCUT2D eigenvalue weighted by Gasteiger charge is 2.36. The van der Waals surface area contributed by atoms with Gasteiger partial charge in [-0.2, -0.15) is 5.26 Å². The zero-order chi connectivity index (χ0) is 9.35. The lowest BCUT2D eigenvalue weighted by atomic mass is 10.5. The summed E-state index contributed by atoms with van der Waals surface area (Å²) in [5.41, 5.74) is 0. The van der Waals surface area contributed by atoms with Gasteiger partial charge in [0.05, 0.1) is 6.07 Å². The van der Waals surface area contributed by atoms with Crippen molar-refractivity contribution in [3.05, 3.63) is 0 Å². The minimum atomic E-state index is -3.35. The first kappa shape index (κ1) is 9.49. The van der Waals surface area contributed by atoms with Gasteiger partial charge in [-0.25, -0.2) is 12.7 Å². The second-order valence-electron chi connectivity index (χ2n) is 3.06. The first-order chi connectivity index (χ1) is 5.50. The van der Waals surface area contributed by atoms with Crippen LogP contribution in [0.15, 0.2) is 0 Å². The fraction of sp³-hybridized carbons (Fsp3) is 0.857. The van der Waals surface area contributed by atoms with Crippen molar-refractivity contribution in [3.8, 4) is 6.07 Å². The minimum absolute atomic E-state index is 0.144. The summed E-state index contributed by atoms with van der Waals surface area (Å²) in [5, 5.41) is 7.54. The summed E-state index contributed by atoms with van der Waals surface area (Å²) in [6.45, 7) is 1.41. The number of hydrogen-bond donors (Lipinski definition) is 0. The van der Waals surface area contributed by atoms with E-state index in [1.54, 1.807) is 13.1 Å². The van der Waals surface area contributed by atoms with Gasteiger partial charge >= 0.3 is 0 Å². The minimum Gasteiger partial charge on any atom is -0.211 e. The van der Waals surface area contributed by atoms with Gasteiger partial charge < -0.3 is 0 Å². The van der Waals surface area contributed by atoms with E-state index < -0.39 is 15.3 Å². The van der Waals surface area contributed by atoms with Crippen LogP contribution in [0.3, 0.4) is 0 Å². The van der Waals surface area contributed by atoms with Crippen molar-refractivity contribution >= 4 is 10.0 Å². The van der Waals surface area contributed by atoms with Gasteiger partial charge in [0, 0.05) is 13.1 Å². The van der Waals surface area contributed by atoms with Crippen LogP contribution in [0.5, 0.6) is 0 Å². The van der Waals surface area contributed by atoms with Gasteiger partial charge in [-0.05, 0) is 19.8 Å². The van der Waals surface area contributed by atoms with Crippen LogP contribution in [-0.4, -0.2) is 31.1 Å². The van der Waals surface area contributed by atoms with E-state index in [4.69, 9.17) is 5.26 Å². The summed E-state index contributed by atoms with van der Waals surface area (Å²) in [5.74, 6) is 0. The van der Waals surface area contributed by atoms with Crippen LogP contribution in [0.25, 0.3) is 0 Å². The number of nitriles is 1. The van der Waals surface area contributed by atoms with Gasteiger partial charge in [0.1, 0.15) is 0 Å². The van der Waals surface area contributed by atoms with Crippen LogP contribution >= 0.6 is 0 Å². The molecule has 0 spiro atoms. The van der Waals surface area contributed by atoms with Crippen molar-refractivity contribution in [2.24, 2.45) is 0 Å². The van der Waals surface area contributed by atoms with Crippen LogP contribution in [0.2, 0.25) is 0 Å². The highest BCUT2D eigenvalue weighted by atomic mass is 32.2. The molecule has 1 aliphatic carbocycles. The molecule has 1 atom stereocenters. The molecule has 12 heavy (non-hydrogen) atoms. The summed E-state index contributed by atoms with van der Waals surface area (Å²) < 4.78 is 24.2. The average Bonchev–Trinajstić information content (AvgIpc) is 2.83. The van der Waals surface area contributed by atoms with E-state index in [0.717, 1.165) is 12.8 Å². The molecule has 0 amide bonds. The van der Waals surface area contributed by atoms with Crippen LogP contribution in [0.1, 0.15) is 19.8 Å². The topological polar surface area (TPSA) is 61.2 Å². The van der Waals surface area contributed by atoms with Crippen LogP contribution < -0.4 is 0 Å². The number of rotatable bonds is 3. The lowest BCUT2D eigenvalue weighted by Gasteiger charge is -2.17. The molecule has 0 radical (unpaired) electrons. The van der Waals surface area contributed by atoms with E-state index in [1.165, 1.54) is 11.2 Å². The molecule has 0 aliphatic heterocycles. The highest BCUT2D eigenvalue weighted by Crippen LogP contribution is 2.28. The summed E-state index contributed by atoms with van der Waals surface area (Å²) in [6, 6.07) is 1.88. The van der Waals surface area contributed by atoms with Gasteiger partial charge in [0.25, 0.3) is 0 Å². The molecular weight excluding hydrogens is 176 g/mol. The van der Waals surface area contributed by atoms with Crippen molar-refractivity contribution in [2.45, 2.75) is 31.1 Å². The summed E-state index contributed by atoms with van der Waals surface area (Å²) >= 11 is 0. The first-order valence-corrected chi connectivity index (χ1v) is 5.37. The largest absolute Gasteiger partial charge is 0.230 e. The Morgan fingerprint density at radius 1 is 1.58 bits per heavy atom. The molecule has 68 valence electrons. The molecule has 0 bridgehead atoms. The number of hydrogen-bond acceptors (Lipinski definition) is 3. The zero-order valence-corrected chi connectivity index (χ0v) is 8.00. The van der Waals surface area contributed by atoms with Crippen molar-refractivity contribution in [1.29, 1.82) is 5.26 Å². The molecule has 5 heteroatoms. The van der Waals surface area contributed by atoms with Crippen LogP contribution in [0, 0.1) is 11.3 Å². The number of sulfonamides is 1. The Morgan fingerprint density at radius 2 is 2.08 bits per heavy atom. The lowest BCUT2D eigenvalue weighted by molar-refractivity contribution is 0.461. The lowest BCUT2D eigenvalue weighted by Crippen LogP contribution is -2.35. The maximum atomic E-state index is 11.4. The second-order valence-corrected chi connectivity index (χ2v) is 5.38. The summed E-state index contributed by atoms with van der Waals surface area (Å²) in [4.78, 5) is 0. The highest BCUT2D eigenvalue weighted by molar-refractivity contribution is 7.89. The molecule has 1 saturated carbocycles. The third kappa shape index (κ3) is 1.59. The molecule has 1 unspecified atom stereocenters. The fourth-order valence-electron chi connectivity index (χ4n) is 0.962. The zero-order valence-electron chi connectivity index (χ0n) is 7.19. The monoisotopic (exact) mass is 188 g/mol. The predicted octanol–water partition coefficient (Wildman–Crippen LogP) is 0.322. The Balaban J connectivity index is 2.78. The first-order valence-electron chi connectivity index (χ1n) is 3.86. The van der Waals surface area contributed by atoms with Crippen LogP contribution in [0.4, 0.5) is 0 Å². The maximum Gasteiger partial charge on any atom is 0.230 e. The fourth-order valence-corrected chi connectivity index (χ4v) is 2.22. The Bertz CT molecular complexity index is 300. The maximum absolute atomic E-state index is 11.4. The van der Waals surface area contributed by atoms with E-state index in [0.29, 0.717) is 0 Å². The van der Waals surface area contributed by atoms with E-state index in [2.05, 4.69) is 0 Å². The Hall–Kier alpha value is -0.600. The van der Waals surface area contributed by atoms with E-state index in [-0.39, 0.29) is 6.04 Å². The molecule has 0 aromatic carbocycles. The smallest absolute Gasteiger partial charge is 0.211 e. The van der Waals surface area contributed by atoms with Gasteiger partial charge in [-0.3, -0.25) is 0 Å². The molecular formula is C7H12N2O2S. The molecule has 0 heterocycles. The van der Waals surface area contributed by atoms with Crippen molar-refractivity contribution in [1.82, 2.24) is 4.31 Å². The molecule has 0 N–H and O–H groups in total. The van der Waals surface area contributed by atoms with Crippen molar-refractivity contribution in [3.63, 3.8) is 0 Å². The molecule has 0 aromatic heterocycles. The molecule has 1 fully saturated rings. The van der Waals surface area contributed by atoms with Gasteiger partial charge in [-0.1, -0.05) is 0 Å². The second kappa shape index (κ2) is 3.04.